The lowest BCUT2D eigenvalue weighted by Crippen LogP contribution is -2.04. The van der Waals surface area contributed by atoms with Crippen LogP contribution in [-0.2, 0) is 4.74 Å². The summed E-state index contributed by atoms with van der Waals surface area (Å²) in [6.45, 7) is 5.25. The number of ether oxygens (including phenoxy) is 2. The number of hydrogen-bond donors (Lipinski definition) is 0. The Labute approximate surface area is 118 Å². The molecule has 1 fully saturated rings. The van der Waals surface area contributed by atoms with Crippen molar-refractivity contribution in [2.24, 2.45) is 0 Å². The molecule has 2 heterocycles. The largest absolute Gasteiger partial charge is 0.490 e. The molecule has 20 heavy (non-hydrogen) atoms. The van der Waals surface area contributed by atoms with Gasteiger partial charge in [0.25, 0.3) is 0 Å². The zero-order chi connectivity index (χ0) is 13.9. The summed E-state index contributed by atoms with van der Waals surface area (Å²) in [7, 11) is 0. The van der Waals surface area contributed by atoms with Crippen LogP contribution in [0.2, 0.25) is 0 Å². The van der Waals surface area contributed by atoms with Crippen molar-refractivity contribution in [3.8, 4) is 5.75 Å². The van der Waals surface area contributed by atoms with E-state index in [2.05, 4.69) is 5.16 Å². The normalized spacial score (nSPS) is 17.6. The van der Waals surface area contributed by atoms with Gasteiger partial charge in [0.2, 0.25) is 0 Å². The van der Waals surface area contributed by atoms with E-state index < -0.39 is 0 Å². The molecule has 104 valence electrons. The molecule has 0 N–H and O–H groups in total. The number of aryl methyl sites for hydroxylation is 2. The second kappa shape index (κ2) is 5.51. The van der Waals surface area contributed by atoms with Crippen molar-refractivity contribution in [1.29, 1.82) is 0 Å². The first-order valence-corrected chi connectivity index (χ1v) is 6.68. The lowest BCUT2D eigenvalue weighted by atomic mass is 10.1. The van der Waals surface area contributed by atoms with Crippen molar-refractivity contribution in [2.45, 2.75) is 20.0 Å². The van der Waals surface area contributed by atoms with Gasteiger partial charge in [-0.2, -0.15) is 0 Å². The average molecular weight is 271 g/mol. The van der Waals surface area contributed by atoms with Crippen LogP contribution in [-0.4, -0.2) is 24.5 Å². The third-order valence-corrected chi connectivity index (χ3v) is 3.26. The standard InChI is InChI=1S/C16H17NO3/c1-11-15(12(2)20-17-11)8-7-13-5-3-4-6-16(13)19-10-14-9-18-14/h3-8,14H,9-10H2,1-2H3. The van der Waals surface area contributed by atoms with E-state index in [4.69, 9.17) is 14.0 Å². The molecule has 1 unspecified atom stereocenters. The van der Waals surface area contributed by atoms with Gasteiger partial charge in [-0.05, 0) is 26.0 Å². The minimum absolute atomic E-state index is 0.259. The van der Waals surface area contributed by atoms with Gasteiger partial charge >= 0.3 is 0 Å². The first-order chi connectivity index (χ1) is 9.74. The monoisotopic (exact) mass is 271 g/mol. The molecule has 0 radical (unpaired) electrons. The molecule has 1 aromatic heterocycles. The molecule has 1 aliphatic heterocycles. The second-order valence-electron chi connectivity index (χ2n) is 4.88. The smallest absolute Gasteiger partial charge is 0.141 e. The summed E-state index contributed by atoms with van der Waals surface area (Å²) >= 11 is 0. The molecule has 0 saturated carbocycles. The van der Waals surface area contributed by atoms with E-state index in [9.17, 15) is 0 Å². The molecule has 0 bridgehead atoms. The van der Waals surface area contributed by atoms with Gasteiger partial charge in [-0.3, -0.25) is 0 Å². The average Bonchev–Trinajstić information content (AvgIpc) is 3.23. The van der Waals surface area contributed by atoms with Crippen molar-refractivity contribution in [3.63, 3.8) is 0 Å². The fourth-order valence-corrected chi connectivity index (χ4v) is 2.00. The predicted molar refractivity (Wildman–Crippen MR) is 76.6 cm³/mol. The summed E-state index contributed by atoms with van der Waals surface area (Å²) in [5.41, 5.74) is 2.95. The Morgan fingerprint density at radius 2 is 2.10 bits per heavy atom. The summed E-state index contributed by atoms with van der Waals surface area (Å²) in [6, 6.07) is 7.96. The molecule has 0 spiro atoms. The van der Waals surface area contributed by atoms with E-state index >= 15 is 0 Å². The maximum Gasteiger partial charge on any atom is 0.141 e. The van der Waals surface area contributed by atoms with Gasteiger partial charge in [-0.15, -0.1) is 0 Å². The highest BCUT2D eigenvalue weighted by Gasteiger charge is 2.23. The van der Waals surface area contributed by atoms with Crippen LogP contribution in [0.25, 0.3) is 12.2 Å². The highest BCUT2D eigenvalue weighted by atomic mass is 16.6. The van der Waals surface area contributed by atoms with E-state index in [0.717, 1.165) is 34.9 Å². The second-order valence-corrected chi connectivity index (χ2v) is 4.88. The number of rotatable bonds is 5. The number of epoxide rings is 1. The van der Waals surface area contributed by atoms with Crippen molar-refractivity contribution in [3.05, 3.63) is 46.8 Å². The highest BCUT2D eigenvalue weighted by Crippen LogP contribution is 2.23. The van der Waals surface area contributed by atoms with E-state index in [0.29, 0.717) is 6.61 Å². The van der Waals surface area contributed by atoms with E-state index in [-0.39, 0.29) is 6.10 Å². The van der Waals surface area contributed by atoms with E-state index in [1.165, 1.54) is 0 Å². The van der Waals surface area contributed by atoms with Crippen molar-refractivity contribution in [1.82, 2.24) is 5.16 Å². The molecule has 1 atom stereocenters. The lowest BCUT2D eigenvalue weighted by Gasteiger charge is -2.07. The molecule has 3 rings (SSSR count). The first kappa shape index (κ1) is 12.9. The summed E-state index contributed by atoms with van der Waals surface area (Å²) in [5.74, 6) is 1.69. The predicted octanol–water partition coefficient (Wildman–Crippen LogP) is 3.24. The van der Waals surface area contributed by atoms with Crippen LogP contribution in [0.1, 0.15) is 22.6 Å². The van der Waals surface area contributed by atoms with Crippen LogP contribution < -0.4 is 4.74 Å². The number of aromatic nitrogens is 1. The Morgan fingerprint density at radius 3 is 2.80 bits per heavy atom. The quantitative estimate of drug-likeness (QED) is 0.783. The third kappa shape index (κ3) is 2.91. The molecule has 0 aliphatic carbocycles. The first-order valence-electron chi connectivity index (χ1n) is 6.68. The van der Waals surface area contributed by atoms with Crippen LogP contribution in [0.15, 0.2) is 28.8 Å². The molecule has 1 aliphatic rings. The molecular weight excluding hydrogens is 254 g/mol. The maximum atomic E-state index is 5.78. The third-order valence-electron chi connectivity index (χ3n) is 3.26. The van der Waals surface area contributed by atoms with Crippen LogP contribution in [0.4, 0.5) is 0 Å². The minimum Gasteiger partial charge on any atom is -0.490 e. The Morgan fingerprint density at radius 1 is 1.30 bits per heavy atom. The van der Waals surface area contributed by atoms with Gasteiger partial charge in [0.15, 0.2) is 0 Å². The van der Waals surface area contributed by atoms with Gasteiger partial charge in [0.05, 0.1) is 12.3 Å². The van der Waals surface area contributed by atoms with Crippen molar-refractivity contribution >= 4 is 12.2 Å². The summed E-state index contributed by atoms with van der Waals surface area (Å²) in [6.07, 6.45) is 4.29. The fraction of sp³-hybridized carbons (Fsp3) is 0.312. The Kier molecular flexibility index (Phi) is 3.56. The van der Waals surface area contributed by atoms with Gasteiger partial charge in [-0.25, -0.2) is 0 Å². The van der Waals surface area contributed by atoms with E-state index in [1.54, 1.807) is 0 Å². The number of para-hydroxylation sites is 1. The summed E-state index contributed by atoms with van der Waals surface area (Å²) in [4.78, 5) is 0. The fourth-order valence-electron chi connectivity index (χ4n) is 2.00. The SMILES string of the molecule is Cc1noc(C)c1C=Cc1ccccc1OCC1CO1. The molecule has 4 nitrogen and oxygen atoms in total. The van der Waals surface area contributed by atoms with Crippen molar-refractivity contribution in [2.75, 3.05) is 13.2 Å². The maximum absolute atomic E-state index is 5.78. The van der Waals surface area contributed by atoms with Gasteiger partial charge in [-0.1, -0.05) is 29.4 Å². The van der Waals surface area contributed by atoms with Crippen LogP contribution >= 0.6 is 0 Å². The zero-order valence-electron chi connectivity index (χ0n) is 11.6. The summed E-state index contributed by atoms with van der Waals surface area (Å²) in [5, 5.41) is 3.94. The molecule has 0 amide bonds. The molecule has 2 aromatic rings. The lowest BCUT2D eigenvalue weighted by molar-refractivity contribution is 0.262. The van der Waals surface area contributed by atoms with E-state index in [1.807, 2.05) is 50.3 Å². The molecule has 1 aromatic carbocycles. The Hall–Kier alpha value is -2.07. The number of hydrogen-bond acceptors (Lipinski definition) is 4. The Bertz CT molecular complexity index is 607. The van der Waals surface area contributed by atoms with Crippen LogP contribution in [0.3, 0.4) is 0 Å². The minimum atomic E-state index is 0.259. The van der Waals surface area contributed by atoms with Gasteiger partial charge < -0.3 is 14.0 Å². The number of benzene rings is 1. The number of nitrogens with zero attached hydrogens (tertiary/aromatic N) is 1. The van der Waals surface area contributed by atoms with Crippen molar-refractivity contribution < 1.29 is 14.0 Å². The molecule has 4 heteroatoms. The molecular formula is C16H17NO3. The molecule has 1 saturated heterocycles. The zero-order valence-corrected chi connectivity index (χ0v) is 11.6. The van der Waals surface area contributed by atoms with Crippen LogP contribution in [0, 0.1) is 13.8 Å². The van der Waals surface area contributed by atoms with Gasteiger partial charge in [0, 0.05) is 11.1 Å². The Balaban J connectivity index is 1.79. The van der Waals surface area contributed by atoms with Crippen LogP contribution in [0.5, 0.6) is 5.75 Å². The topological polar surface area (TPSA) is 47.8 Å². The van der Waals surface area contributed by atoms with Gasteiger partial charge in [0.1, 0.15) is 24.2 Å². The highest BCUT2D eigenvalue weighted by molar-refractivity contribution is 5.73. The summed E-state index contributed by atoms with van der Waals surface area (Å²) < 4.78 is 16.1.